The number of hydrogen-bond acceptors (Lipinski definition) is 6. The second-order valence-corrected chi connectivity index (χ2v) is 7.20. The van der Waals surface area contributed by atoms with Gasteiger partial charge in [-0.2, -0.15) is 0 Å². The van der Waals surface area contributed by atoms with E-state index in [0.717, 1.165) is 17.7 Å². The molecule has 2 saturated carbocycles. The summed E-state index contributed by atoms with van der Waals surface area (Å²) in [4.78, 5) is 36.5. The molecule has 2 bridgehead atoms. The van der Waals surface area contributed by atoms with Crippen molar-refractivity contribution in [2.24, 2.45) is 35.5 Å². The van der Waals surface area contributed by atoms with Crippen molar-refractivity contribution in [3.05, 3.63) is 29.8 Å². The molecule has 6 heteroatoms. The van der Waals surface area contributed by atoms with E-state index >= 15 is 0 Å². The number of benzene rings is 1. The van der Waals surface area contributed by atoms with Gasteiger partial charge in [0.15, 0.2) is 0 Å². The van der Waals surface area contributed by atoms with Crippen LogP contribution in [0.15, 0.2) is 24.3 Å². The third-order valence-electron chi connectivity index (χ3n) is 6.11. The van der Waals surface area contributed by atoms with Crippen LogP contribution in [0.5, 0.6) is 5.75 Å². The lowest BCUT2D eigenvalue weighted by Gasteiger charge is -2.31. The molecule has 1 heterocycles. The highest BCUT2D eigenvalue weighted by Crippen LogP contribution is 2.61. The predicted octanol–water partition coefficient (Wildman–Crippen LogP) is 1.96. The van der Waals surface area contributed by atoms with Crippen LogP contribution in [0.2, 0.25) is 0 Å². The topological polar surface area (TPSA) is 78.9 Å². The van der Waals surface area contributed by atoms with Crippen molar-refractivity contribution < 1.29 is 28.6 Å². The van der Waals surface area contributed by atoms with E-state index in [1.807, 2.05) is 31.2 Å². The summed E-state index contributed by atoms with van der Waals surface area (Å²) in [7, 11) is 1.59. The Kier molecular flexibility index (Phi) is 3.78. The minimum atomic E-state index is -0.470. The van der Waals surface area contributed by atoms with Crippen molar-refractivity contribution in [1.82, 2.24) is 0 Å². The highest BCUT2D eigenvalue weighted by atomic mass is 16.6. The van der Waals surface area contributed by atoms with E-state index in [1.165, 1.54) is 0 Å². The van der Waals surface area contributed by atoms with Crippen LogP contribution in [-0.2, 0) is 30.5 Å². The van der Waals surface area contributed by atoms with E-state index in [9.17, 15) is 14.4 Å². The van der Waals surface area contributed by atoms with Crippen LogP contribution in [-0.4, -0.2) is 25.0 Å². The van der Waals surface area contributed by atoms with E-state index < -0.39 is 17.9 Å². The smallest absolute Gasteiger partial charge is 0.317 e. The Hall–Kier alpha value is -2.37. The second kappa shape index (κ2) is 5.86. The van der Waals surface area contributed by atoms with E-state index in [2.05, 4.69) is 0 Å². The SMILES string of the molecule is COc1ccc(COC(=O)[C@H]2C3CC([C@H]2C)[C@H]2C(=O)OC(=O)[C@@H]32)cc1. The van der Waals surface area contributed by atoms with Crippen molar-refractivity contribution in [1.29, 1.82) is 0 Å². The maximum absolute atomic E-state index is 12.6. The standard InChI is InChI=1S/C19H20O6/c1-9-12-7-13(16-15(12)18(21)25-19(16)22)14(9)17(20)24-8-10-3-5-11(23-2)6-4-10/h3-6,9,12-16H,7-8H2,1-2H3/t9-,12?,13?,14-,15-,16+/m1/s1. The largest absolute Gasteiger partial charge is 0.497 e. The average molecular weight is 344 g/mol. The molecule has 25 heavy (non-hydrogen) atoms. The fourth-order valence-electron chi connectivity index (χ4n) is 4.95. The zero-order valence-electron chi connectivity index (χ0n) is 14.1. The first-order valence-corrected chi connectivity index (χ1v) is 8.56. The lowest BCUT2D eigenvalue weighted by atomic mass is 9.70. The minimum Gasteiger partial charge on any atom is -0.497 e. The first-order chi connectivity index (χ1) is 12.0. The Labute approximate surface area is 145 Å². The molecule has 0 spiro atoms. The number of esters is 3. The zero-order chi connectivity index (χ0) is 17.7. The molecule has 3 aliphatic rings. The van der Waals surface area contributed by atoms with Crippen molar-refractivity contribution in [2.75, 3.05) is 7.11 Å². The molecular weight excluding hydrogens is 324 g/mol. The molecule has 1 aliphatic heterocycles. The molecule has 0 aromatic heterocycles. The van der Waals surface area contributed by atoms with Gasteiger partial charge in [0.05, 0.1) is 24.9 Å². The first kappa shape index (κ1) is 16.1. The molecule has 6 nitrogen and oxygen atoms in total. The quantitative estimate of drug-likeness (QED) is 0.614. The monoisotopic (exact) mass is 344 g/mol. The van der Waals surface area contributed by atoms with Gasteiger partial charge in [-0.3, -0.25) is 14.4 Å². The summed E-state index contributed by atoms with van der Waals surface area (Å²) >= 11 is 0. The van der Waals surface area contributed by atoms with Gasteiger partial charge in [0, 0.05) is 0 Å². The molecular formula is C19H20O6. The van der Waals surface area contributed by atoms with Crippen molar-refractivity contribution >= 4 is 17.9 Å². The molecule has 0 N–H and O–H groups in total. The summed E-state index contributed by atoms with van der Waals surface area (Å²) in [6.07, 6.45) is 0.722. The molecule has 1 aromatic carbocycles. The van der Waals surface area contributed by atoms with Gasteiger partial charge in [0.2, 0.25) is 0 Å². The van der Waals surface area contributed by atoms with Gasteiger partial charge in [-0.05, 0) is 41.9 Å². The Morgan fingerprint density at radius 3 is 2.40 bits per heavy atom. The summed E-state index contributed by atoms with van der Waals surface area (Å²) in [5, 5.41) is 0. The van der Waals surface area contributed by atoms with E-state index in [1.54, 1.807) is 7.11 Å². The number of carbonyl (C=O) groups excluding carboxylic acids is 3. The average Bonchev–Trinajstić information content (AvgIpc) is 3.24. The van der Waals surface area contributed by atoms with Gasteiger partial charge >= 0.3 is 17.9 Å². The first-order valence-electron chi connectivity index (χ1n) is 8.56. The lowest BCUT2D eigenvalue weighted by molar-refractivity contribution is -0.156. The highest BCUT2D eigenvalue weighted by Gasteiger charge is 2.67. The zero-order valence-corrected chi connectivity index (χ0v) is 14.1. The summed E-state index contributed by atoms with van der Waals surface area (Å²) in [5.74, 6) is -1.70. The molecule has 1 aromatic rings. The Balaban J connectivity index is 1.44. The fraction of sp³-hybridized carbons (Fsp3) is 0.526. The number of hydrogen-bond donors (Lipinski definition) is 0. The van der Waals surface area contributed by atoms with E-state index in [-0.39, 0.29) is 42.2 Å². The number of fused-ring (bicyclic) bond motifs is 5. The van der Waals surface area contributed by atoms with Gasteiger partial charge in [-0.1, -0.05) is 19.1 Å². The number of methoxy groups -OCH3 is 1. The normalized spacial score (nSPS) is 35.4. The second-order valence-electron chi connectivity index (χ2n) is 7.20. The van der Waals surface area contributed by atoms with Crippen LogP contribution in [0.4, 0.5) is 0 Å². The van der Waals surface area contributed by atoms with Crippen LogP contribution in [0.1, 0.15) is 18.9 Å². The van der Waals surface area contributed by atoms with Crippen LogP contribution in [0.3, 0.4) is 0 Å². The summed E-state index contributed by atoms with van der Waals surface area (Å²) in [5.41, 5.74) is 0.873. The number of rotatable bonds is 4. The van der Waals surface area contributed by atoms with Crippen molar-refractivity contribution in [2.45, 2.75) is 20.0 Å². The predicted molar refractivity (Wildman–Crippen MR) is 85.1 cm³/mol. The van der Waals surface area contributed by atoms with Crippen LogP contribution < -0.4 is 4.74 Å². The number of carbonyl (C=O) groups is 3. The van der Waals surface area contributed by atoms with Crippen LogP contribution >= 0.6 is 0 Å². The lowest BCUT2D eigenvalue weighted by Crippen LogP contribution is -2.39. The molecule has 2 aliphatic carbocycles. The third-order valence-corrected chi connectivity index (χ3v) is 6.11. The molecule has 6 atom stereocenters. The Morgan fingerprint density at radius 2 is 1.76 bits per heavy atom. The van der Waals surface area contributed by atoms with Gasteiger partial charge in [0.1, 0.15) is 12.4 Å². The number of cyclic esters (lactones) is 2. The van der Waals surface area contributed by atoms with Gasteiger partial charge in [-0.25, -0.2) is 0 Å². The molecule has 4 rings (SSSR count). The number of ether oxygens (including phenoxy) is 3. The summed E-state index contributed by atoms with van der Waals surface area (Å²) in [6.45, 7) is 2.15. The fourth-order valence-corrected chi connectivity index (χ4v) is 4.95. The molecule has 132 valence electrons. The third kappa shape index (κ3) is 2.42. The van der Waals surface area contributed by atoms with E-state index in [4.69, 9.17) is 14.2 Å². The maximum Gasteiger partial charge on any atom is 0.317 e. The minimum absolute atomic E-state index is 0.0214. The van der Waals surface area contributed by atoms with Crippen LogP contribution in [0.25, 0.3) is 0 Å². The highest BCUT2D eigenvalue weighted by molar-refractivity contribution is 5.98. The molecule has 1 saturated heterocycles. The summed E-state index contributed by atoms with van der Waals surface area (Å²) in [6, 6.07) is 7.32. The molecule has 0 radical (unpaired) electrons. The van der Waals surface area contributed by atoms with Crippen molar-refractivity contribution in [3.8, 4) is 5.75 Å². The summed E-state index contributed by atoms with van der Waals surface area (Å²) < 4.78 is 15.4. The van der Waals surface area contributed by atoms with Gasteiger partial charge < -0.3 is 14.2 Å². The molecule has 3 fully saturated rings. The van der Waals surface area contributed by atoms with Gasteiger partial charge in [0.25, 0.3) is 0 Å². The molecule has 2 unspecified atom stereocenters. The van der Waals surface area contributed by atoms with Crippen molar-refractivity contribution in [3.63, 3.8) is 0 Å². The maximum atomic E-state index is 12.6. The Bertz CT molecular complexity index is 724. The van der Waals surface area contributed by atoms with Gasteiger partial charge in [-0.15, -0.1) is 0 Å². The van der Waals surface area contributed by atoms with Crippen LogP contribution in [0, 0.1) is 35.5 Å². The molecule has 0 amide bonds. The van der Waals surface area contributed by atoms with E-state index in [0.29, 0.717) is 0 Å². The Morgan fingerprint density at radius 1 is 1.12 bits per heavy atom.